The minimum absolute atomic E-state index is 0.0832. The predicted octanol–water partition coefficient (Wildman–Crippen LogP) is 4.07. The molecule has 106 valence electrons. The van der Waals surface area contributed by atoms with E-state index in [2.05, 4.69) is 14.1 Å². The van der Waals surface area contributed by atoms with Crippen molar-refractivity contribution in [3.8, 4) is 17.3 Å². The molecule has 0 radical (unpaired) electrons. The molecule has 5 nitrogen and oxygen atoms in total. The minimum Gasteiger partial charge on any atom is -0.449 e. The van der Waals surface area contributed by atoms with Gasteiger partial charge in [-0.15, -0.1) is 0 Å². The van der Waals surface area contributed by atoms with Gasteiger partial charge in [0.15, 0.2) is 0 Å². The smallest absolute Gasteiger partial charge is 0.449 e. The molecule has 0 bridgehead atoms. The van der Waals surface area contributed by atoms with E-state index in [9.17, 15) is 18.0 Å². The number of rotatable bonds is 2. The Labute approximate surface area is 114 Å². The third-order valence-electron chi connectivity index (χ3n) is 2.14. The van der Waals surface area contributed by atoms with Crippen molar-refractivity contribution in [3.63, 3.8) is 0 Å². The molecule has 9 heteroatoms. The summed E-state index contributed by atoms with van der Waals surface area (Å²) < 4.78 is 46.6. The molecule has 20 heavy (non-hydrogen) atoms. The Hall–Kier alpha value is -2.22. The van der Waals surface area contributed by atoms with Crippen molar-refractivity contribution in [1.29, 1.82) is 0 Å². The van der Waals surface area contributed by atoms with Gasteiger partial charge in [0.25, 0.3) is 11.6 Å². The average Bonchev–Trinajstić information content (AvgIpc) is 2.72. The molecule has 1 aromatic carbocycles. The van der Waals surface area contributed by atoms with E-state index >= 15 is 0 Å². The molecular weight excluding hydrogens is 303 g/mol. The predicted molar refractivity (Wildman–Crippen MR) is 60.6 cm³/mol. The Kier molecular flexibility index (Phi) is 3.58. The number of nitrogens with zero attached hydrogens (tertiary/aromatic N) is 1. The van der Waals surface area contributed by atoms with Crippen LogP contribution in [0.25, 0.3) is 11.5 Å². The van der Waals surface area contributed by atoms with Crippen LogP contribution in [0.5, 0.6) is 5.88 Å². The van der Waals surface area contributed by atoms with Gasteiger partial charge >= 0.3 is 12.3 Å². The summed E-state index contributed by atoms with van der Waals surface area (Å²) in [5.41, 5.74) is 0.0832. The second kappa shape index (κ2) is 5.04. The molecule has 2 aromatic rings. The molecule has 0 amide bonds. The number of carbonyl (C=O) groups is 1. The van der Waals surface area contributed by atoms with Crippen LogP contribution in [0.3, 0.4) is 0 Å². The summed E-state index contributed by atoms with van der Waals surface area (Å²) in [5.74, 6) is -3.31. The van der Waals surface area contributed by atoms with E-state index in [0.29, 0.717) is 0 Å². The SMILES string of the molecule is O=C(O)Oc1nc(-c2ccccc2Cl)oc1C(F)(F)F. The van der Waals surface area contributed by atoms with Crippen LogP contribution in [0, 0.1) is 0 Å². The molecular formula is C11H5ClF3NO4. The number of ether oxygens (including phenoxy) is 1. The van der Waals surface area contributed by atoms with Crippen molar-refractivity contribution < 1.29 is 32.2 Å². The van der Waals surface area contributed by atoms with Gasteiger partial charge < -0.3 is 14.3 Å². The Balaban J connectivity index is 2.55. The lowest BCUT2D eigenvalue weighted by Crippen LogP contribution is -2.10. The summed E-state index contributed by atoms with van der Waals surface area (Å²) in [4.78, 5) is 13.7. The first kappa shape index (κ1) is 14.2. The zero-order valence-electron chi connectivity index (χ0n) is 9.44. The molecule has 0 aliphatic heterocycles. The van der Waals surface area contributed by atoms with Gasteiger partial charge in [-0.25, -0.2) is 4.79 Å². The lowest BCUT2D eigenvalue weighted by Gasteiger charge is -2.02. The first-order valence-electron chi connectivity index (χ1n) is 5.02. The molecule has 0 spiro atoms. The molecule has 0 aliphatic carbocycles. The van der Waals surface area contributed by atoms with E-state index in [0.717, 1.165) is 0 Å². The highest BCUT2D eigenvalue weighted by molar-refractivity contribution is 6.33. The second-order valence-corrected chi connectivity index (χ2v) is 3.91. The van der Waals surface area contributed by atoms with Gasteiger partial charge in [0.1, 0.15) is 0 Å². The minimum atomic E-state index is -4.95. The van der Waals surface area contributed by atoms with Crippen LogP contribution in [0.4, 0.5) is 18.0 Å². The lowest BCUT2D eigenvalue weighted by atomic mass is 10.2. The summed E-state index contributed by atoms with van der Waals surface area (Å²) in [6, 6.07) is 5.87. The molecule has 0 aliphatic rings. The fourth-order valence-corrected chi connectivity index (χ4v) is 1.60. The van der Waals surface area contributed by atoms with Gasteiger partial charge in [0.2, 0.25) is 5.89 Å². The normalized spacial score (nSPS) is 11.4. The van der Waals surface area contributed by atoms with Gasteiger partial charge in [-0.2, -0.15) is 18.2 Å². The zero-order valence-corrected chi connectivity index (χ0v) is 10.2. The zero-order chi connectivity index (χ0) is 14.9. The Morgan fingerprint density at radius 3 is 2.55 bits per heavy atom. The monoisotopic (exact) mass is 307 g/mol. The molecule has 1 aromatic heterocycles. The number of aromatic nitrogens is 1. The number of hydrogen-bond donors (Lipinski definition) is 1. The fraction of sp³-hybridized carbons (Fsp3) is 0.0909. The van der Waals surface area contributed by atoms with Crippen molar-refractivity contribution in [2.75, 3.05) is 0 Å². The molecule has 2 rings (SSSR count). The van der Waals surface area contributed by atoms with E-state index in [1.54, 1.807) is 6.07 Å². The van der Waals surface area contributed by atoms with Crippen molar-refractivity contribution in [1.82, 2.24) is 4.98 Å². The first-order valence-corrected chi connectivity index (χ1v) is 5.40. The third-order valence-corrected chi connectivity index (χ3v) is 2.47. The van der Waals surface area contributed by atoms with Crippen molar-refractivity contribution >= 4 is 17.8 Å². The van der Waals surface area contributed by atoms with Gasteiger partial charge in [-0.05, 0) is 12.1 Å². The summed E-state index contributed by atoms with van der Waals surface area (Å²) in [6.07, 6.45) is -6.88. The third kappa shape index (κ3) is 2.85. The number of halogens is 4. The van der Waals surface area contributed by atoms with Crippen LogP contribution in [-0.2, 0) is 6.18 Å². The van der Waals surface area contributed by atoms with E-state index in [1.165, 1.54) is 18.2 Å². The highest BCUT2D eigenvalue weighted by Gasteiger charge is 2.42. The van der Waals surface area contributed by atoms with Gasteiger partial charge in [-0.3, -0.25) is 0 Å². The van der Waals surface area contributed by atoms with Crippen LogP contribution in [0.1, 0.15) is 5.76 Å². The van der Waals surface area contributed by atoms with E-state index in [4.69, 9.17) is 16.7 Å². The highest BCUT2D eigenvalue weighted by Crippen LogP contribution is 2.40. The Morgan fingerprint density at radius 1 is 1.35 bits per heavy atom. The average molecular weight is 308 g/mol. The summed E-state index contributed by atoms with van der Waals surface area (Å²) in [6.45, 7) is 0. The lowest BCUT2D eigenvalue weighted by molar-refractivity contribution is -0.153. The molecule has 0 unspecified atom stereocenters. The summed E-state index contributed by atoms with van der Waals surface area (Å²) >= 11 is 5.80. The quantitative estimate of drug-likeness (QED) is 0.847. The number of benzene rings is 1. The number of oxazole rings is 1. The topological polar surface area (TPSA) is 72.6 Å². The number of hydrogen-bond acceptors (Lipinski definition) is 4. The summed E-state index contributed by atoms with van der Waals surface area (Å²) in [7, 11) is 0. The summed E-state index contributed by atoms with van der Waals surface area (Å²) in [5, 5.41) is 8.50. The molecule has 1 N–H and O–H groups in total. The Morgan fingerprint density at radius 2 is 2.00 bits per heavy atom. The molecule has 0 saturated heterocycles. The number of carboxylic acid groups (broad SMARTS) is 1. The standard InChI is InChI=1S/C11H5ClF3NO4/c12-6-4-2-1-3-5(6)8-16-9(20-10(17)18)7(19-8)11(13,14)15/h1-4H,(H,17,18). The van der Waals surface area contributed by atoms with Crippen LogP contribution in [0.15, 0.2) is 28.7 Å². The molecule has 0 fully saturated rings. The van der Waals surface area contributed by atoms with Crippen LogP contribution in [0.2, 0.25) is 5.02 Å². The largest absolute Gasteiger partial charge is 0.512 e. The van der Waals surface area contributed by atoms with Gasteiger partial charge in [0.05, 0.1) is 10.6 Å². The number of alkyl halides is 3. The second-order valence-electron chi connectivity index (χ2n) is 3.50. The fourth-order valence-electron chi connectivity index (χ4n) is 1.39. The molecule has 1 heterocycles. The van der Waals surface area contributed by atoms with E-state index in [-0.39, 0.29) is 10.6 Å². The Bertz CT molecular complexity index is 653. The molecule has 0 saturated carbocycles. The first-order chi connectivity index (χ1) is 9.29. The van der Waals surface area contributed by atoms with Gasteiger partial charge in [-0.1, -0.05) is 23.7 Å². The van der Waals surface area contributed by atoms with Crippen LogP contribution in [-0.4, -0.2) is 16.2 Å². The maximum absolute atomic E-state index is 12.7. The molecule has 0 atom stereocenters. The van der Waals surface area contributed by atoms with Crippen molar-refractivity contribution in [2.45, 2.75) is 6.18 Å². The maximum atomic E-state index is 12.7. The van der Waals surface area contributed by atoms with Crippen LogP contribution < -0.4 is 4.74 Å². The van der Waals surface area contributed by atoms with Gasteiger partial charge in [0, 0.05) is 0 Å². The van der Waals surface area contributed by atoms with Crippen molar-refractivity contribution in [3.05, 3.63) is 35.0 Å². The van der Waals surface area contributed by atoms with Crippen LogP contribution >= 0.6 is 11.6 Å². The van der Waals surface area contributed by atoms with E-state index in [1.807, 2.05) is 0 Å². The highest BCUT2D eigenvalue weighted by atomic mass is 35.5. The van der Waals surface area contributed by atoms with Crippen molar-refractivity contribution in [2.24, 2.45) is 0 Å². The van der Waals surface area contributed by atoms with E-state index < -0.39 is 29.9 Å². The maximum Gasteiger partial charge on any atom is 0.512 e.